The second kappa shape index (κ2) is 9.58. The molecule has 182 valence electrons. The minimum absolute atomic E-state index is 0.0622. The van der Waals surface area contributed by atoms with Gasteiger partial charge in [-0.1, -0.05) is 66.7 Å². The molecule has 1 aromatic heterocycles. The highest BCUT2D eigenvalue weighted by Gasteiger charge is 2.30. The monoisotopic (exact) mass is 484 g/mol. The molecule has 8 nitrogen and oxygen atoms in total. The second-order valence-electron chi connectivity index (χ2n) is 8.58. The Labute approximate surface area is 206 Å². The quantitative estimate of drug-likeness (QED) is 0.333. The molecule has 1 amide bonds. The molecule has 36 heavy (non-hydrogen) atoms. The smallest absolute Gasteiger partial charge is 0.407 e. The third kappa shape index (κ3) is 4.17. The molecule has 1 aliphatic carbocycles. The number of aliphatic carboxylic acids is 1. The van der Waals surface area contributed by atoms with Gasteiger partial charge in [0.25, 0.3) is 0 Å². The summed E-state index contributed by atoms with van der Waals surface area (Å²) in [4.78, 5) is 40.0. The minimum Gasteiger partial charge on any atom is -0.480 e. The van der Waals surface area contributed by atoms with Gasteiger partial charge in [-0.05, 0) is 33.9 Å². The third-order valence-electron chi connectivity index (χ3n) is 6.55. The van der Waals surface area contributed by atoms with E-state index in [1.54, 1.807) is 24.3 Å². The Morgan fingerprint density at radius 1 is 0.944 bits per heavy atom. The van der Waals surface area contributed by atoms with E-state index in [9.17, 15) is 19.5 Å². The van der Waals surface area contributed by atoms with Crippen LogP contribution >= 0.6 is 0 Å². The number of carboxylic acids is 1. The van der Waals surface area contributed by atoms with Gasteiger partial charge in [0.1, 0.15) is 18.3 Å². The number of alkyl carbamates (subject to hydrolysis) is 1. The van der Waals surface area contributed by atoms with E-state index < -0.39 is 24.1 Å². The first-order chi connectivity index (χ1) is 17.5. The Hall–Kier alpha value is -4.59. The number of methoxy groups -OCH3 is 1. The van der Waals surface area contributed by atoms with E-state index in [-0.39, 0.29) is 24.6 Å². The van der Waals surface area contributed by atoms with Crippen LogP contribution in [0.15, 0.2) is 72.8 Å². The number of carboxylic acid groups (broad SMARTS) is 1. The summed E-state index contributed by atoms with van der Waals surface area (Å²) in [5.74, 6) is -2.01. The molecule has 0 spiro atoms. The molecule has 3 aromatic carbocycles. The van der Waals surface area contributed by atoms with Crippen molar-refractivity contribution in [3.63, 3.8) is 0 Å². The third-order valence-corrected chi connectivity index (χ3v) is 6.55. The van der Waals surface area contributed by atoms with Crippen LogP contribution in [0.25, 0.3) is 22.0 Å². The second-order valence-corrected chi connectivity index (χ2v) is 8.58. The van der Waals surface area contributed by atoms with Crippen LogP contribution in [0, 0.1) is 0 Å². The fourth-order valence-corrected chi connectivity index (χ4v) is 4.87. The number of aromatic amines is 1. The van der Waals surface area contributed by atoms with E-state index >= 15 is 0 Å². The van der Waals surface area contributed by atoms with Crippen molar-refractivity contribution >= 4 is 28.9 Å². The molecular weight excluding hydrogens is 460 g/mol. The molecule has 0 fully saturated rings. The highest BCUT2D eigenvalue weighted by molar-refractivity contribution is 5.98. The molecule has 1 aliphatic rings. The molecule has 1 heterocycles. The number of carbonyl (C=O) groups excluding carboxylic acids is 2. The van der Waals surface area contributed by atoms with Crippen molar-refractivity contribution in [1.82, 2.24) is 10.3 Å². The first kappa shape index (κ1) is 23.2. The van der Waals surface area contributed by atoms with Gasteiger partial charge in [-0.15, -0.1) is 0 Å². The van der Waals surface area contributed by atoms with Gasteiger partial charge in [-0.25, -0.2) is 14.4 Å². The number of amides is 1. The number of carbonyl (C=O) groups is 3. The van der Waals surface area contributed by atoms with E-state index in [4.69, 9.17) is 9.47 Å². The number of benzene rings is 3. The SMILES string of the molecule is COC(=O)c1[nH]c2ccccc2c1CC(NC(=O)OCC1c2ccccc2-c2ccccc21)C(=O)O. The summed E-state index contributed by atoms with van der Waals surface area (Å²) in [5.41, 5.74) is 5.58. The van der Waals surface area contributed by atoms with Crippen molar-refractivity contribution in [3.05, 3.63) is 95.2 Å². The largest absolute Gasteiger partial charge is 0.480 e. The molecule has 0 saturated heterocycles. The number of rotatable bonds is 7. The van der Waals surface area contributed by atoms with Crippen LogP contribution in [-0.4, -0.2) is 47.9 Å². The lowest BCUT2D eigenvalue weighted by Crippen LogP contribution is -2.43. The number of fused-ring (bicyclic) bond motifs is 4. The van der Waals surface area contributed by atoms with E-state index in [1.807, 2.05) is 48.5 Å². The lowest BCUT2D eigenvalue weighted by Gasteiger charge is -2.18. The molecule has 4 aromatic rings. The zero-order chi connectivity index (χ0) is 25.2. The van der Waals surface area contributed by atoms with E-state index in [0.29, 0.717) is 16.5 Å². The van der Waals surface area contributed by atoms with Crippen molar-refractivity contribution in [2.45, 2.75) is 18.4 Å². The molecule has 0 saturated carbocycles. The first-order valence-electron chi connectivity index (χ1n) is 11.5. The highest BCUT2D eigenvalue weighted by atomic mass is 16.5. The summed E-state index contributed by atoms with van der Waals surface area (Å²) in [6, 6.07) is 21.7. The highest BCUT2D eigenvalue weighted by Crippen LogP contribution is 2.44. The fourth-order valence-electron chi connectivity index (χ4n) is 4.87. The van der Waals surface area contributed by atoms with Crippen LogP contribution in [0.5, 0.6) is 0 Å². The molecule has 1 atom stereocenters. The molecule has 0 aliphatic heterocycles. The zero-order valence-electron chi connectivity index (χ0n) is 19.5. The molecular formula is C28H24N2O6. The summed E-state index contributed by atoms with van der Waals surface area (Å²) in [6.45, 7) is 0.0622. The van der Waals surface area contributed by atoms with Gasteiger partial charge in [0.05, 0.1) is 7.11 Å². The fraction of sp³-hybridized carbons (Fsp3) is 0.179. The van der Waals surface area contributed by atoms with Gasteiger partial charge in [-0.3, -0.25) is 0 Å². The predicted octanol–water partition coefficient (Wildman–Crippen LogP) is 4.49. The maximum atomic E-state index is 12.7. The molecule has 1 unspecified atom stereocenters. The Morgan fingerprint density at radius 3 is 2.19 bits per heavy atom. The Balaban J connectivity index is 1.33. The van der Waals surface area contributed by atoms with Crippen molar-refractivity contribution in [2.24, 2.45) is 0 Å². The standard InChI is InChI=1S/C28H24N2O6/c1-35-27(33)25-21(20-12-6-7-13-23(20)29-25)14-24(26(31)32)30-28(34)36-15-22-18-10-4-2-8-16(18)17-9-3-5-11-19(17)22/h2-13,22,24,29H,14-15H2,1H3,(H,30,34)(H,31,32). The van der Waals surface area contributed by atoms with Crippen LogP contribution in [0.3, 0.4) is 0 Å². The van der Waals surface area contributed by atoms with Gasteiger partial charge in [0, 0.05) is 23.2 Å². The van der Waals surface area contributed by atoms with Gasteiger partial charge in [-0.2, -0.15) is 0 Å². The maximum Gasteiger partial charge on any atom is 0.407 e. The van der Waals surface area contributed by atoms with E-state index in [0.717, 1.165) is 22.3 Å². The lowest BCUT2D eigenvalue weighted by molar-refractivity contribution is -0.139. The van der Waals surface area contributed by atoms with Crippen LogP contribution in [-0.2, 0) is 20.7 Å². The van der Waals surface area contributed by atoms with Crippen molar-refractivity contribution in [2.75, 3.05) is 13.7 Å². The summed E-state index contributed by atoms with van der Waals surface area (Å²) in [5, 5.41) is 13.0. The average molecular weight is 485 g/mol. The normalized spacial score (nSPS) is 13.0. The Morgan fingerprint density at radius 2 is 1.56 bits per heavy atom. The van der Waals surface area contributed by atoms with Crippen LogP contribution in [0.4, 0.5) is 4.79 Å². The van der Waals surface area contributed by atoms with Crippen molar-refractivity contribution in [3.8, 4) is 11.1 Å². The van der Waals surface area contributed by atoms with Gasteiger partial charge >= 0.3 is 18.0 Å². The zero-order valence-corrected chi connectivity index (χ0v) is 19.5. The molecule has 0 radical (unpaired) electrons. The van der Waals surface area contributed by atoms with E-state index in [2.05, 4.69) is 10.3 Å². The van der Waals surface area contributed by atoms with Crippen molar-refractivity contribution < 1.29 is 29.0 Å². The number of ether oxygens (including phenoxy) is 2. The van der Waals surface area contributed by atoms with E-state index in [1.165, 1.54) is 7.11 Å². The van der Waals surface area contributed by atoms with Crippen LogP contribution in [0.1, 0.15) is 33.1 Å². The van der Waals surface area contributed by atoms with Crippen molar-refractivity contribution in [1.29, 1.82) is 0 Å². The number of para-hydroxylation sites is 1. The number of esters is 1. The topological polar surface area (TPSA) is 118 Å². The predicted molar refractivity (Wildman–Crippen MR) is 133 cm³/mol. The molecule has 5 rings (SSSR count). The van der Waals surface area contributed by atoms with Gasteiger partial charge in [0.15, 0.2) is 0 Å². The Bertz CT molecular complexity index is 1430. The molecule has 8 heteroatoms. The maximum absolute atomic E-state index is 12.7. The summed E-state index contributed by atoms with van der Waals surface area (Å²) in [7, 11) is 1.25. The lowest BCUT2D eigenvalue weighted by atomic mass is 9.98. The van der Waals surface area contributed by atoms with Crippen LogP contribution in [0.2, 0.25) is 0 Å². The summed E-state index contributed by atoms with van der Waals surface area (Å²) >= 11 is 0. The number of aromatic nitrogens is 1. The number of nitrogens with one attached hydrogen (secondary N) is 2. The summed E-state index contributed by atoms with van der Waals surface area (Å²) < 4.78 is 10.4. The minimum atomic E-state index is -1.32. The molecule has 3 N–H and O–H groups in total. The number of hydrogen-bond donors (Lipinski definition) is 3. The molecule has 0 bridgehead atoms. The first-order valence-corrected chi connectivity index (χ1v) is 11.5. The number of hydrogen-bond acceptors (Lipinski definition) is 5. The van der Waals surface area contributed by atoms with Gasteiger partial charge < -0.3 is 24.9 Å². The average Bonchev–Trinajstić information content (AvgIpc) is 3.42. The summed E-state index contributed by atoms with van der Waals surface area (Å²) in [6.07, 6.45) is -0.975. The van der Waals surface area contributed by atoms with Gasteiger partial charge in [0.2, 0.25) is 0 Å². The number of H-pyrrole nitrogens is 1. The van der Waals surface area contributed by atoms with Crippen LogP contribution < -0.4 is 5.32 Å². The Kier molecular flexibility index (Phi) is 6.16.